The number of nitrogens with one attached hydrogen (secondary N) is 2. The highest BCUT2D eigenvalue weighted by Gasteiger charge is 2.31. The average molecular weight is 248 g/mol. The zero-order valence-electron chi connectivity index (χ0n) is 10.8. The number of hydrogen-bond acceptors (Lipinski definition) is 3. The van der Waals surface area contributed by atoms with E-state index in [1.807, 2.05) is 0 Å². The van der Waals surface area contributed by atoms with E-state index in [1.165, 1.54) is 29.8 Å². The van der Waals surface area contributed by atoms with Crippen molar-refractivity contribution >= 4 is 5.91 Å². The molecule has 1 aromatic rings. The van der Waals surface area contributed by atoms with Gasteiger partial charge in [0.15, 0.2) is 0 Å². The lowest BCUT2D eigenvalue weighted by Crippen LogP contribution is -2.37. The van der Waals surface area contributed by atoms with Crippen molar-refractivity contribution in [2.75, 3.05) is 26.7 Å². The summed E-state index contributed by atoms with van der Waals surface area (Å²) in [5.41, 5.74) is 4.01. The first-order chi connectivity index (χ1) is 8.78. The third-order valence-electron chi connectivity index (χ3n) is 3.95. The molecule has 2 heterocycles. The van der Waals surface area contributed by atoms with Crippen molar-refractivity contribution in [1.29, 1.82) is 0 Å². The van der Waals surface area contributed by atoms with Gasteiger partial charge in [0.05, 0.1) is 12.2 Å². The zero-order chi connectivity index (χ0) is 12.5. The van der Waals surface area contributed by atoms with Crippen LogP contribution in [0.25, 0.3) is 0 Å². The fraction of sp³-hybridized carbons (Fsp3) is 0.692. The zero-order valence-corrected chi connectivity index (χ0v) is 10.8. The second kappa shape index (κ2) is 4.72. The minimum atomic E-state index is 0.0982. The molecule has 5 heteroatoms. The van der Waals surface area contributed by atoms with Crippen molar-refractivity contribution in [2.24, 2.45) is 0 Å². The summed E-state index contributed by atoms with van der Waals surface area (Å²) < 4.78 is 0. The van der Waals surface area contributed by atoms with Crippen molar-refractivity contribution in [2.45, 2.75) is 31.6 Å². The van der Waals surface area contributed by atoms with Gasteiger partial charge in [0.1, 0.15) is 0 Å². The number of hydrogen-bond donors (Lipinski definition) is 2. The molecule has 1 amide bonds. The Bertz CT molecular complexity index is 450. The fourth-order valence-corrected chi connectivity index (χ4v) is 2.69. The SMILES string of the molecule is CNC(=O)CN1CCc2[nH]nc(C3CC3)c2CC1. The highest BCUT2D eigenvalue weighted by molar-refractivity contribution is 5.77. The molecule has 2 aliphatic rings. The Labute approximate surface area is 107 Å². The molecule has 5 nitrogen and oxygen atoms in total. The molecule has 2 N–H and O–H groups in total. The summed E-state index contributed by atoms with van der Waals surface area (Å²) in [7, 11) is 1.69. The monoisotopic (exact) mass is 248 g/mol. The largest absolute Gasteiger partial charge is 0.358 e. The Hall–Kier alpha value is -1.36. The molecule has 0 saturated heterocycles. The van der Waals surface area contributed by atoms with Gasteiger partial charge in [-0.05, 0) is 24.8 Å². The minimum Gasteiger partial charge on any atom is -0.358 e. The molecule has 98 valence electrons. The molecular weight excluding hydrogens is 228 g/mol. The first-order valence-electron chi connectivity index (χ1n) is 6.77. The van der Waals surface area contributed by atoms with Crippen molar-refractivity contribution in [1.82, 2.24) is 20.4 Å². The maximum Gasteiger partial charge on any atom is 0.233 e. The van der Waals surface area contributed by atoms with Gasteiger partial charge >= 0.3 is 0 Å². The second-order valence-corrected chi connectivity index (χ2v) is 5.29. The van der Waals surface area contributed by atoms with Crippen molar-refractivity contribution < 1.29 is 4.79 Å². The number of fused-ring (bicyclic) bond motifs is 1. The van der Waals surface area contributed by atoms with E-state index < -0.39 is 0 Å². The van der Waals surface area contributed by atoms with Crippen LogP contribution in [0.1, 0.15) is 35.7 Å². The predicted molar refractivity (Wildman–Crippen MR) is 68.5 cm³/mol. The van der Waals surface area contributed by atoms with E-state index in [0.29, 0.717) is 12.5 Å². The Kier molecular flexibility index (Phi) is 3.07. The minimum absolute atomic E-state index is 0.0982. The lowest BCUT2D eigenvalue weighted by atomic mass is 10.1. The highest BCUT2D eigenvalue weighted by Crippen LogP contribution is 2.41. The van der Waals surface area contributed by atoms with Gasteiger partial charge in [-0.25, -0.2) is 0 Å². The third-order valence-corrected chi connectivity index (χ3v) is 3.95. The predicted octanol–water partition coefficient (Wildman–Crippen LogP) is 0.434. The van der Waals surface area contributed by atoms with Gasteiger partial charge < -0.3 is 5.32 Å². The van der Waals surface area contributed by atoms with Crippen molar-refractivity contribution in [3.8, 4) is 0 Å². The average Bonchev–Trinajstić information content (AvgIpc) is 3.17. The topological polar surface area (TPSA) is 61.0 Å². The van der Waals surface area contributed by atoms with E-state index in [1.54, 1.807) is 7.05 Å². The van der Waals surface area contributed by atoms with Gasteiger partial charge in [0.25, 0.3) is 0 Å². The molecule has 0 bridgehead atoms. The molecule has 0 atom stereocenters. The lowest BCUT2D eigenvalue weighted by Gasteiger charge is -2.18. The molecule has 0 aromatic carbocycles. The highest BCUT2D eigenvalue weighted by atomic mass is 16.1. The van der Waals surface area contributed by atoms with Crippen molar-refractivity contribution in [3.05, 3.63) is 17.0 Å². The van der Waals surface area contributed by atoms with Gasteiger partial charge in [-0.2, -0.15) is 5.10 Å². The molecule has 3 rings (SSSR count). The first-order valence-corrected chi connectivity index (χ1v) is 6.77. The molecular formula is C13H20N4O. The maximum atomic E-state index is 11.4. The number of H-pyrrole nitrogens is 1. The summed E-state index contributed by atoms with van der Waals surface area (Å²) >= 11 is 0. The van der Waals surface area contributed by atoms with E-state index in [9.17, 15) is 4.79 Å². The van der Waals surface area contributed by atoms with Gasteiger partial charge in [0, 0.05) is 38.2 Å². The number of amides is 1. The van der Waals surface area contributed by atoms with E-state index in [4.69, 9.17) is 0 Å². The van der Waals surface area contributed by atoms with Crippen LogP contribution in [0.3, 0.4) is 0 Å². The summed E-state index contributed by atoms with van der Waals surface area (Å²) in [6, 6.07) is 0. The summed E-state index contributed by atoms with van der Waals surface area (Å²) in [5, 5.41) is 10.4. The van der Waals surface area contributed by atoms with Gasteiger partial charge in [0.2, 0.25) is 5.91 Å². The van der Waals surface area contributed by atoms with Crippen LogP contribution in [-0.2, 0) is 17.6 Å². The van der Waals surface area contributed by atoms with E-state index in [-0.39, 0.29) is 5.91 Å². The summed E-state index contributed by atoms with van der Waals surface area (Å²) in [6.45, 7) is 2.40. The van der Waals surface area contributed by atoms with Crippen LogP contribution in [0.15, 0.2) is 0 Å². The van der Waals surface area contributed by atoms with Crippen LogP contribution >= 0.6 is 0 Å². The number of rotatable bonds is 3. The van der Waals surface area contributed by atoms with Gasteiger partial charge in [-0.3, -0.25) is 14.8 Å². The quantitative estimate of drug-likeness (QED) is 0.815. The Morgan fingerprint density at radius 1 is 1.44 bits per heavy atom. The summed E-state index contributed by atoms with van der Waals surface area (Å²) in [5.74, 6) is 0.802. The number of aromatic nitrogens is 2. The third kappa shape index (κ3) is 2.27. The first kappa shape index (κ1) is 11.7. The van der Waals surface area contributed by atoms with E-state index >= 15 is 0 Å². The number of nitrogens with zero attached hydrogens (tertiary/aromatic N) is 2. The molecule has 1 saturated carbocycles. The number of carbonyl (C=O) groups excluding carboxylic acids is 1. The van der Waals surface area contributed by atoms with Crippen LogP contribution in [0.4, 0.5) is 0 Å². The van der Waals surface area contributed by atoms with Gasteiger partial charge in [-0.1, -0.05) is 0 Å². The normalized spacial score (nSPS) is 20.3. The molecule has 0 unspecified atom stereocenters. The van der Waals surface area contributed by atoms with Crippen LogP contribution < -0.4 is 5.32 Å². The maximum absolute atomic E-state index is 11.4. The van der Waals surface area contributed by atoms with E-state index in [2.05, 4.69) is 20.4 Å². The molecule has 1 fully saturated rings. The summed E-state index contributed by atoms with van der Waals surface area (Å²) in [6.07, 6.45) is 4.58. The Morgan fingerprint density at radius 2 is 2.22 bits per heavy atom. The van der Waals surface area contributed by atoms with Crippen LogP contribution in [0, 0.1) is 0 Å². The van der Waals surface area contributed by atoms with Crippen LogP contribution in [0.5, 0.6) is 0 Å². The molecule has 0 spiro atoms. The molecule has 1 aromatic heterocycles. The fourth-order valence-electron chi connectivity index (χ4n) is 2.69. The standard InChI is InChI=1S/C13H20N4O/c1-14-12(18)8-17-6-4-10-11(5-7-17)15-16-13(10)9-2-3-9/h9H,2-8H2,1H3,(H,14,18)(H,15,16). The Balaban J connectivity index is 1.68. The summed E-state index contributed by atoms with van der Waals surface area (Å²) in [4.78, 5) is 13.6. The molecule has 1 aliphatic carbocycles. The number of aromatic amines is 1. The van der Waals surface area contributed by atoms with Gasteiger partial charge in [-0.15, -0.1) is 0 Å². The lowest BCUT2D eigenvalue weighted by molar-refractivity contribution is -0.121. The second-order valence-electron chi connectivity index (χ2n) is 5.29. The number of carbonyl (C=O) groups is 1. The van der Waals surface area contributed by atoms with Crippen LogP contribution in [0.2, 0.25) is 0 Å². The smallest absolute Gasteiger partial charge is 0.233 e. The Morgan fingerprint density at radius 3 is 2.94 bits per heavy atom. The van der Waals surface area contributed by atoms with Crippen LogP contribution in [-0.4, -0.2) is 47.7 Å². The number of likely N-dealkylation sites (N-methyl/N-ethyl adjacent to an activating group) is 1. The molecule has 0 radical (unpaired) electrons. The van der Waals surface area contributed by atoms with E-state index in [0.717, 1.165) is 25.9 Å². The van der Waals surface area contributed by atoms with Crippen molar-refractivity contribution in [3.63, 3.8) is 0 Å². The molecule has 1 aliphatic heterocycles. The molecule has 18 heavy (non-hydrogen) atoms.